The van der Waals surface area contributed by atoms with Gasteiger partial charge in [0, 0.05) is 12.1 Å². The minimum absolute atomic E-state index is 0.115. The Morgan fingerprint density at radius 3 is 2.46 bits per heavy atom. The number of hydrogen-bond donors (Lipinski definition) is 4. The van der Waals surface area contributed by atoms with Crippen LogP contribution in [0.2, 0.25) is 0 Å². The Balaban J connectivity index is 1.95. The Bertz CT molecular complexity index is 908. The highest BCUT2D eigenvalue weighted by molar-refractivity contribution is 6.93. The minimum Gasteiger partial charge on any atom is -0.665 e. The molecule has 0 aliphatic carbocycles. The monoisotopic (exact) mass is 355 g/mol. The quantitative estimate of drug-likeness (QED) is 0.588. The highest BCUT2D eigenvalue weighted by Crippen LogP contribution is 2.31. The number of carbonyl (C=O) groups excluding carboxylic acids is 1. The van der Waals surface area contributed by atoms with Crippen LogP contribution in [0.5, 0.6) is 5.75 Å². The molecule has 0 saturated heterocycles. The van der Waals surface area contributed by atoms with Crippen molar-refractivity contribution in [3.05, 3.63) is 64.7 Å². The number of aliphatic imine (C=N–C) groups is 1. The molecule has 5 N–H and O–H groups in total. The first kappa shape index (κ1) is 17.8. The number of rotatable bonds is 3. The second-order valence-corrected chi connectivity index (χ2v) is 5.91. The average Bonchev–Trinajstić information content (AvgIpc) is 2.61. The van der Waals surface area contributed by atoms with E-state index in [-0.39, 0.29) is 28.9 Å². The lowest BCUT2D eigenvalue weighted by atomic mass is 9.67. The maximum absolute atomic E-state index is 12.3. The van der Waals surface area contributed by atoms with E-state index in [0.29, 0.717) is 12.1 Å². The first-order valence-electron chi connectivity index (χ1n) is 7.86. The highest BCUT2D eigenvalue weighted by Gasteiger charge is 2.37. The molecule has 2 aromatic carbocycles. The number of nitrogens with two attached hydrogens (primary N) is 1. The van der Waals surface area contributed by atoms with E-state index < -0.39 is 18.6 Å². The number of benzene rings is 2. The summed E-state index contributed by atoms with van der Waals surface area (Å²) in [6, 6.07) is 10.8. The fourth-order valence-electron chi connectivity index (χ4n) is 2.69. The second kappa shape index (κ2) is 6.72. The van der Waals surface area contributed by atoms with Crippen LogP contribution in [-0.4, -0.2) is 39.4 Å². The molecule has 8 nitrogen and oxygen atoms in total. The number of carboxylic acid groups (broad SMARTS) is 1. The molecule has 0 atom stereocenters. The third-order valence-corrected chi connectivity index (χ3v) is 4.10. The molecular weight excluding hydrogens is 339 g/mol. The predicted octanol–water partition coefficient (Wildman–Crippen LogP) is 0.522. The molecule has 0 fully saturated rings. The largest absolute Gasteiger partial charge is 0.665 e. The van der Waals surface area contributed by atoms with E-state index in [1.54, 1.807) is 18.2 Å². The van der Waals surface area contributed by atoms with Crippen LogP contribution in [0.25, 0.3) is 0 Å². The molecule has 0 saturated carbocycles. The number of para-hydroxylation sites is 1. The Kier molecular flexibility index (Phi) is 4.60. The zero-order valence-electron chi connectivity index (χ0n) is 13.6. The number of carbonyl (C=O) groups is 2. The molecule has 0 aromatic heterocycles. The van der Waals surface area contributed by atoms with E-state index in [0.717, 1.165) is 5.56 Å². The lowest BCUT2D eigenvalue weighted by Crippen LogP contribution is -2.55. The summed E-state index contributed by atoms with van der Waals surface area (Å²) in [5, 5.41) is 29.5. The summed E-state index contributed by atoms with van der Waals surface area (Å²) in [4.78, 5) is 27.3. The minimum atomic E-state index is -3.62. The lowest BCUT2D eigenvalue weighted by molar-refractivity contribution is 0.0693. The van der Waals surface area contributed by atoms with Crippen molar-refractivity contribution in [3.8, 4) is 5.75 Å². The Morgan fingerprint density at radius 2 is 1.85 bits per heavy atom. The molecule has 0 spiro atoms. The summed E-state index contributed by atoms with van der Waals surface area (Å²) in [5.74, 6) is -2.06. The van der Waals surface area contributed by atoms with E-state index >= 15 is 0 Å². The van der Waals surface area contributed by atoms with Crippen molar-refractivity contribution in [2.75, 3.05) is 0 Å². The summed E-state index contributed by atoms with van der Waals surface area (Å²) in [6.45, 7) is -3.29. The smallest absolute Gasteiger partial charge is 0.475 e. The van der Waals surface area contributed by atoms with Gasteiger partial charge in [-0.05, 0) is 41.4 Å². The van der Waals surface area contributed by atoms with Crippen LogP contribution < -0.4 is 10.4 Å². The molecule has 1 heterocycles. The highest BCUT2D eigenvalue weighted by atomic mass is 16.6. The van der Waals surface area contributed by atoms with Crippen LogP contribution in [0.15, 0.2) is 47.5 Å². The van der Waals surface area contributed by atoms with Gasteiger partial charge in [-0.15, -0.1) is 0 Å². The molecule has 0 unspecified atom stereocenters. The summed E-state index contributed by atoms with van der Waals surface area (Å²) in [5.41, 5.74) is 6.54. The zero-order chi connectivity index (χ0) is 18.9. The predicted molar refractivity (Wildman–Crippen MR) is 94.0 cm³/mol. The standard InChI is InChI=1S/C17H16BN2O6/c19-9-10-4-6-11(7-5-10)16(21)20-14-8-12-2-1-3-13(17(22)23)15(12)26-18(14,24)25/h1-7,24-25H,8-9,19H2,(H,22,23)/q-1. The van der Waals surface area contributed by atoms with E-state index in [4.69, 9.17) is 10.4 Å². The third kappa shape index (κ3) is 3.36. The van der Waals surface area contributed by atoms with Crippen molar-refractivity contribution in [1.29, 1.82) is 0 Å². The third-order valence-electron chi connectivity index (χ3n) is 4.10. The summed E-state index contributed by atoms with van der Waals surface area (Å²) in [6.07, 6.45) is -0.115. The van der Waals surface area contributed by atoms with Gasteiger partial charge in [-0.3, -0.25) is 9.79 Å². The van der Waals surface area contributed by atoms with Crippen LogP contribution in [0.4, 0.5) is 0 Å². The van der Waals surface area contributed by atoms with Crippen molar-refractivity contribution in [2.45, 2.75) is 13.0 Å². The number of carboxylic acids is 1. The van der Waals surface area contributed by atoms with Crippen LogP contribution in [0, 0.1) is 0 Å². The molecule has 3 rings (SSSR count). The molecule has 9 heteroatoms. The molecule has 26 heavy (non-hydrogen) atoms. The molecule has 134 valence electrons. The lowest BCUT2D eigenvalue weighted by Gasteiger charge is -2.38. The van der Waals surface area contributed by atoms with Gasteiger partial charge in [-0.25, -0.2) is 4.79 Å². The maximum Gasteiger partial charge on any atom is 0.475 e. The van der Waals surface area contributed by atoms with Gasteiger partial charge < -0.3 is 25.5 Å². The van der Waals surface area contributed by atoms with Gasteiger partial charge in [-0.2, -0.15) is 0 Å². The molecule has 1 aliphatic heterocycles. The van der Waals surface area contributed by atoms with Gasteiger partial charge >= 0.3 is 12.7 Å². The number of aromatic carboxylic acids is 1. The SMILES string of the molecule is NCc1ccc(C(=O)N=C2Cc3cccc(C(=O)O)c3O[B-]2(O)O)cc1. The molecule has 0 bridgehead atoms. The number of nitrogens with zero attached hydrogens (tertiary/aromatic N) is 1. The van der Waals surface area contributed by atoms with Gasteiger partial charge in [-0.1, -0.05) is 24.3 Å². The van der Waals surface area contributed by atoms with Crippen LogP contribution in [0.3, 0.4) is 0 Å². The van der Waals surface area contributed by atoms with Crippen molar-refractivity contribution >= 4 is 24.2 Å². The second-order valence-electron chi connectivity index (χ2n) is 5.91. The topological polar surface area (TPSA) is 142 Å². The molecular formula is C17H16BN2O6-. The molecule has 2 aromatic rings. The van der Waals surface area contributed by atoms with Crippen molar-refractivity contribution in [1.82, 2.24) is 0 Å². The normalized spacial score (nSPS) is 16.7. The number of hydrogen-bond acceptors (Lipinski definition) is 6. The zero-order valence-corrected chi connectivity index (χ0v) is 13.6. The number of amides is 1. The fraction of sp³-hybridized carbons (Fsp3) is 0.118. The molecule has 1 amide bonds. The summed E-state index contributed by atoms with van der Waals surface area (Å²) in [7, 11) is 0. The first-order chi connectivity index (χ1) is 12.3. The van der Waals surface area contributed by atoms with Crippen LogP contribution in [-0.2, 0) is 13.0 Å². The van der Waals surface area contributed by atoms with Gasteiger partial charge in [0.1, 0.15) is 0 Å². The van der Waals surface area contributed by atoms with Crippen LogP contribution in [0.1, 0.15) is 31.8 Å². The van der Waals surface area contributed by atoms with Gasteiger partial charge in [0.05, 0.1) is 11.3 Å². The van der Waals surface area contributed by atoms with Crippen LogP contribution >= 0.6 is 0 Å². The van der Waals surface area contributed by atoms with E-state index in [1.165, 1.54) is 24.3 Å². The number of fused-ring (bicyclic) bond motifs is 1. The summed E-state index contributed by atoms with van der Waals surface area (Å²) >= 11 is 0. The Hall–Kier alpha value is -3.01. The Labute approximate surface area is 148 Å². The van der Waals surface area contributed by atoms with Gasteiger partial charge in [0.15, 0.2) is 0 Å². The van der Waals surface area contributed by atoms with E-state index in [2.05, 4.69) is 4.99 Å². The maximum atomic E-state index is 12.3. The molecule has 0 radical (unpaired) electrons. The van der Waals surface area contributed by atoms with E-state index in [9.17, 15) is 24.7 Å². The fourth-order valence-corrected chi connectivity index (χ4v) is 2.69. The van der Waals surface area contributed by atoms with Crippen molar-refractivity contribution in [3.63, 3.8) is 0 Å². The van der Waals surface area contributed by atoms with Gasteiger partial charge in [0.25, 0.3) is 5.91 Å². The van der Waals surface area contributed by atoms with E-state index in [1.807, 2.05) is 0 Å². The Morgan fingerprint density at radius 1 is 1.15 bits per heavy atom. The average molecular weight is 355 g/mol. The van der Waals surface area contributed by atoms with Crippen molar-refractivity contribution in [2.24, 2.45) is 10.7 Å². The van der Waals surface area contributed by atoms with Gasteiger partial charge in [0.2, 0.25) is 0 Å². The first-order valence-corrected chi connectivity index (χ1v) is 7.86. The molecule has 1 aliphatic rings. The van der Waals surface area contributed by atoms with Crippen molar-refractivity contribution < 1.29 is 29.4 Å². The summed E-state index contributed by atoms with van der Waals surface area (Å²) < 4.78 is 5.09.